The predicted octanol–water partition coefficient (Wildman–Crippen LogP) is 4.53. The number of ether oxygens (including phenoxy) is 1. The molecule has 0 saturated heterocycles. The van der Waals surface area contributed by atoms with Crippen molar-refractivity contribution in [2.45, 2.75) is 31.8 Å². The first kappa shape index (κ1) is 11.3. The fourth-order valence-corrected chi connectivity index (χ4v) is 2.34. The zero-order chi connectivity index (χ0) is 12.2. The van der Waals surface area contributed by atoms with E-state index in [1.165, 1.54) is 30.4 Å². The smallest absolute Gasteiger partial charge is 0.120 e. The van der Waals surface area contributed by atoms with E-state index in [2.05, 4.69) is 30.3 Å². The van der Waals surface area contributed by atoms with Crippen LogP contribution in [0.15, 0.2) is 54.6 Å². The summed E-state index contributed by atoms with van der Waals surface area (Å²) in [5.74, 6) is 1.76. The zero-order valence-electron chi connectivity index (χ0n) is 10.5. The SMILES string of the molecule is c1ccc(COc2cccc(C3CCC3)c2)cc1. The molecule has 0 amide bonds. The van der Waals surface area contributed by atoms with Crippen molar-refractivity contribution in [1.29, 1.82) is 0 Å². The van der Waals surface area contributed by atoms with Crippen molar-refractivity contribution in [1.82, 2.24) is 0 Å². The van der Waals surface area contributed by atoms with Crippen LogP contribution < -0.4 is 4.74 Å². The lowest BCUT2D eigenvalue weighted by Gasteiger charge is -2.26. The Morgan fingerprint density at radius 2 is 1.78 bits per heavy atom. The summed E-state index contributed by atoms with van der Waals surface area (Å²) in [5.41, 5.74) is 2.65. The second kappa shape index (κ2) is 5.26. The number of benzene rings is 2. The molecule has 0 bridgehead atoms. The van der Waals surface area contributed by atoms with Gasteiger partial charge < -0.3 is 4.74 Å². The maximum absolute atomic E-state index is 5.85. The van der Waals surface area contributed by atoms with Gasteiger partial charge in [0.1, 0.15) is 12.4 Å². The highest BCUT2D eigenvalue weighted by Gasteiger charge is 2.19. The van der Waals surface area contributed by atoms with E-state index >= 15 is 0 Å². The molecule has 1 aliphatic rings. The van der Waals surface area contributed by atoms with Gasteiger partial charge in [-0.15, -0.1) is 0 Å². The molecular formula is C17H18O. The summed E-state index contributed by atoms with van der Waals surface area (Å²) in [4.78, 5) is 0. The lowest BCUT2D eigenvalue weighted by atomic mass is 9.80. The average Bonchev–Trinajstić information content (AvgIpc) is 2.36. The van der Waals surface area contributed by atoms with Crippen LogP contribution in [0, 0.1) is 0 Å². The molecule has 0 N–H and O–H groups in total. The van der Waals surface area contributed by atoms with E-state index in [4.69, 9.17) is 4.74 Å². The minimum atomic E-state index is 0.648. The second-order valence-electron chi connectivity index (χ2n) is 4.97. The Morgan fingerprint density at radius 3 is 2.50 bits per heavy atom. The minimum Gasteiger partial charge on any atom is -0.489 e. The molecule has 0 aromatic heterocycles. The highest BCUT2D eigenvalue weighted by atomic mass is 16.5. The van der Waals surface area contributed by atoms with Gasteiger partial charge in [0.2, 0.25) is 0 Å². The highest BCUT2D eigenvalue weighted by molar-refractivity contribution is 5.32. The number of hydrogen-bond donors (Lipinski definition) is 0. The lowest BCUT2D eigenvalue weighted by molar-refractivity contribution is 0.305. The molecule has 0 radical (unpaired) electrons. The summed E-state index contributed by atoms with van der Waals surface area (Å²) >= 11 is 0. The molecule has 0 heterocycles. The third kappa shape index (κ3) is 2.56. The van der Waals surface area contributed by atoms with E-state index in [0.717, 1.165) is 11.7 Å². The van der Waals surface area contributed by atoms with Gasteiger partial charge in [-0.2, -0.15) is 0 Å². The van der Waals surface area contributed by atoms with Gasteiger partial charge >= 0.3 is 0 Å². The van der Waals surface area contributed by atoms with Gasteiger partial charge in [0, 0.05) is 0 Å². The second-order valence-corrected chi connectivity index (χ2v) is 4.97. The largest absolute Gasteiger partial charge is 0.489 e. The third-order valence-electron chi connectivity index (χ3n) is 3.68. The maximum atomic E-state index is 5.85. The molecule has 1 fully saturated rings. The van der Waals surface area contributed by atoms with Crippen molar-refractivity contribution >= 4 is 0 Å². The molecule has 1 heteroatoms. The molecule has 1 saturated carbocycles. The number of hydrogen-bond acceptors (Lipinski definition) is 1. The van der Waals surface area contributed by atoms with E-state index in [1.54, 1.807) is 0 Å². The Labute approximate surface area is 108 Å². The van der Waals surface area contributed by atoms with Gasteiger partial charge in [-0.05, 0) is 42.0 Å². The molecule has 0 atom stereocenters. The van der Waals surface area contributed by atoms with Crippen molar-refractivity contribution in [2.75, 3.05) is 0 Å². The van der Waals surface area contributed by atoms with Crippen LogP contribution >= 0.6 is 0 Å². The van der Waals surface area contributed by atoms with Gasteiger partial charge in [0.05, 0.1) is 0 Å². The van der Waals surface area contributed by atoms with Crippen LogP contribution in [0.3, 0.4) is 0 Å². The molecule has 0 aliphatic heterocycles. The van der Waals surface area contributed by atoms with Crippen LogP contribution in [0.4, 0.5) is 0 Å². The summed E-state index contributed by atoms with van der Waals surface area (Å²) in [5, 5.41) is 0. The Balaban J connectivity index is 1.65. The van der Waals surface area contributed by atoms with Gasteiger partial charge in [0.25, 0.3) is 0 Å². The van der Waals surface area contributed by atoms with E-state index in [0.29, 0.717) is 6.61 Å². The van der Waals surface area contributed by atoms with Crippen molar-refractivity contribution in [3.63, 3.8) is 0 Å². The Bertz CT molecular complexity index is 500. The van der Waals surface area contributed by atoms with Crippen LogP contribution in [0.1, 0.15) is 36.3 Å². The number of rotatable bonds is 4. The summed E-state index contributed by atoms with van der Waals surface area (Å²) in [6, 6.07) is 18.9. The fourth-order valence-electron chi connectivity index (χ4n) is 2.34. The first-order valence-corrected chi connectivity index (χ1v) is 6.68. The molecule has 0 unspecified atom stereocenters. The monoisotopic (exact) mass is 238 g/mol. The highest BCUT2D eigenvalue weighted by Crippen LogP contribution is 2.37. The quantitative estimate of drug-likeness (QED) is 0.760. The van der Waals surface area contributed by atoms with E-state index in [9.17, 15) is 0 Å². The van der Waals surface area contributed by atoms with Gasteiger partial charge in [-0.25, -0.2) is 0 Å². The normalized spacial score (nSPS) is 15.1. The Hall–Kier alpha value is -1.76. The molecule has 3 rings (SSSR count). The van der Waals surface area contributed by atoms with Gasteiger partial charge in [-0.3, -0.25) is 0 Å². The van der Waals surface area contributed by atoms with Gasteiger partial charge in [0.15, 0.2) is 0 Å². The first-order chi connectivity index (χ1) is 8.92. The third-order valence-corrected chi connectivity index (χ3v) is 3.68. The van der Waals surface area contributed by atoms with Crippen LogP contribution in [0.25, 0.3) is 0 Å². The van der Waals surface area contributed by atoms with E-state index in [1.807, 2.05) is 24.3 Å². The molecule has 92 valence electrons. The minimum absolute atomic E-state index is 0.648. The fraction of sp³-hybridized carbons (Fsp3) is 0.294. The van der Waals surface area contributed by atoms with Crippen molar-refractivity contribution in [2.24, 2.45) is 0 Å². The summed E-state index contributed by atoms with van der Waals surface area (Å²) < 4.78 is 5.85. The molecule has 1 nitrogen and oxygen atoms in total. The average molecular weight is 238 g/mol. The van der Waals surface area contributed by atoms with Crippen molar-refractivity contribution in [3.8, 4) is 5.75 Å². The summed E-state index contributed by atoms with van der Waals surface area (Å²) in [6.45, 7) is 0.648. The van der Waals surface area contributed by atoms with Crippen LogP contribution in [0.5, 0.6) is 5.75 Å². The predicted molar refractivity (Wildman–Crippen MR) is 73.8 cm³/mol. The lowest BCUT2D eigenvalue weighted by Crippen LogP contribution is -2.08. The van der Waals surface area contributed by atoms with Crippen molar-refractivity contribution in [3.05, 3.63) is 65.7 Å². The zero-order valence-corrected chi connectivity index (χ0v) is 10.5. The first-order valence-electron chi connectivity index (χ1n) is 6.68. The maximum Gasteiger partial charge on any atom is 0.120 e. The Morgan fingerprint density at radius 1 is 0.944 bits per heavy atom. The molecule has 0 spiro atoms. The standard InChI is InChI=1S/C17H18O/c1-2-6-14(7-3-1)13-18-17-11-5-10-16(12-17)15-8-4-9-15/h1-3,5-7,10-12,15H,4,8-9,13H2. The van der Waals surface area contributed by atoms with Gasteiger partial charge in [-0.1, -0.05) is 48.9 Å². The summed E-state index contributed by atoms with van der Waals surface area (Å²) in [6.07, 6.45) is 4.05. The van der Waals surface area contributed by atoms with E-state index < -0.39 is 0 Å². The summed E-state index contributed by atoms with van der Waals surface area (Å²) in [7, 11) is 0. The van der Waals surface area contributed by atoms with Crippen LogP contribution in [-0.4, -0.2) is 0 Å². The molecule has 2 aromatic carbocycles. The molecular weight excluding hydrogens is 220 g/mol. The topological polar surface area (TPSA) is 9.23 Å². The van der Waals surface area contributed by atoms with Crippen molar-refractivity contribution < 1.29 is 4.74 Å². The van der Waals surface area contributed by atoms with E-state index in [-0.39, 0.29) is 0 Å². The van der Waals surface area contributed by atoms with Crippen LogP contribution in [0.2, 0.25) is 0 Å². The molecule has 18 heavy (non-hydrogen) atoms. The molecule has 1 aliphatic carbocycles. The Kier molecular flexibility index (Phi) is 3.31. The molecule has 2 aromatic rings. The van der Waals surface area contributed by atoms with Crippen LogP contribution in [-0.2, 0) is 6.61 Å².